The van der Waals surface area contributed by atoms with Crippen LogP contribution in [0.25, 0.3) is 0 Å². The molecule has 0 saturated heterocycles. The van der Waals surface area contributed by atoms with Crippen LogP contribution in [-0.2, 0) is 4.74 Å². The minimum Gasteiger partial charge on any atom is -0.378 e. The summed E-state index contributed by atoms with van der Waals surface area (Å²) >= 11 is 0. The molecule has 0 spiro atoms. The molecule has 0 aromatic carbocycles. The molecule has 0 unspecified atom stereocenters. The van der Waals surface area contributed by atoms with E-state index in [1.807, 2.05) is 0 Å². The Balaban J connectivity index is 4.00. The number of ether oxygens (including phenoxy) is 1. The first-order chi connectivity index (χ1) is 5.04. The Morgan fingerprint density at radius 1 is 1.45 bits per heavy atom. The lowest BCUT2D eigenvalue weighted by Crippen LogP contribution is -2.29. The summed E-state index contributed by atoms with van der Waals surface area (Å²) in [5.74, 6) is 0.479. The van der Waals surface area contributed by atoms with Crippen LogP contribution < -0.4 is 0 Å². The van der Waals surface area contributed by atoms with Crippen molar-refractivity contribution in [2.45, 2.75) is 39.7 Å². The third-order valence-corrected chi connectivity index (χ3v) is 2.28. The van der Waals surface area contributed by atoms with Gasteiger partial charge in [-0.25, -0.2) is 0 Å². The summed E-state index contributed by atoms with van der Waals surface area (Å²) in [6.07, 6.45) is 5.50. The molecule has 0 aliphatic rings. The van der Waals surface area contributed by atoms with Crippen molar-refractivity contribution in [3.63, 3.8) is 0 Å². The number of rotatable bonds is 4. The summed E-state index contributed by atoms with van der Waals surface area (Å²) in [6, 6.07) is 0. The number of methoxy groups -OCH3 is 1. The Kier molecular flexibility index (Phi) is 4.43. The average Bonchev–Trinajstić information content (AvgIpc) is 2.00. The van der Waals surface area contributed by atoms with Gasteiger partial charge in [0.1, 0.15) is 0 Å². The molecule has 0 aliphatic heterocycles. The van der Waals surface area contributed by atoms with Crippen LogP contribution in [0.4, 0.5) is 0 Å². The van der Waals surface area contributed by atoms with Crippen LogP contribution in [0, 0.1) is 5.92 Å². The molecule has 11 heavy (non-hydrogen) atoms. The van der Waals surface area contributed by atoms with Crippen molar-refractivity contribution >= 4 is 0 Å². The van der Waals surface area contributed by atoms with Crippen molar-refractivity contribution in [2.75, 3.05) is 7.11 Å². The number of hydrogen-bond acceptors (Lipinski definition) is 1. The van der Waals surface area contributed by atoms with Gasteiger partial charge < -0.3 is 4.74 Å². The smallest absolute Gasteiger partial charge is 0.0682 e. The minimum atomic E-state index is -0.0360. The predicted molar refractivity (Wildman–Crippen MR) is 49.7 cm³/mol. The predicted octanol–water partition coefficient (Wildman–Crippen LogP) is 3.01. The summed E-state index contributed by atoms with van der Waals surface area (Å²) in [4.78, 5) is 0. The molecule has 0 radical (unpaired) electrons. The van der Waals surface area contributed by atoms with Gasteiger partial charge in [0.15, 0.2) is 0 Å². The third-order valence-electron chi connectivity index (χ3n) is 2.28. The molecule has 0 aromatic rings. The van der Waals surface area contributed by atoms with Gasteiger partial charge in [0.25, 0.3) is 0 Å². The molecule has 0 saturated carbocycles. The lowest BCUT2D eigenvalue weighted by Gasteiger charge is -2.28. The second-order valence-electron chi connectivity index (χ2n) is 3.43. The van der Waals surface area contributed by atoms with Gasteiger partial charge in [0, 0.05) is 13.0 Å². The average molecular weight is 156 g/mol. The largest absolute Gasteiger partial charge is 0.378 e. The van der Waals surface area contributed by atoms with Gasteiger partial charge in [-0.05, 0) is 20.3 Å². The fourth-order valence-electron chi connectivity index (χ4n) is 0.758. The normalized spacial score (nSPS) is 15.7. The SMILES string of the molecule is CC/C=C/[C@@H](C)C(C)(C)OC. The van der Waals surface area contributed by atoms with Gasteiger partial charge in [-0.2, -0.15) is 0 Å². The molecular weight excluding hydrogens is 136 g/mol. The van der Waals surface area contributed by atoms with Crippen molar-refractivity contribution in [3.8, 4) is 0 Å². The molecule has 1 nitrogen and oxygen atoms in total. The maximum absolute atomic E-state index is 5.35. The van der Waals surface area contributed by atoms with E-state index in [1.54, 1.807) is 7.11 Å². The zero-order chi connectivity index (χ0) is 8.91. The highest BCUT2D eigenvalue weighted by Gasteiger charge is 2.22. The van der Waals surface area contributed by atoms with E-state index < -0.39 is 0 Å². The van der Waals surface area contributed by atoms with E-state index in [-0.39, 0.29) is 5.60 Å². The Hall–Kier alpha value is -0.300. The zero-order valence-electron chi connectivity index (χ0n) is 8.35. The maximum atomic E-state index is 5.35. The van der Waals surface area contributed by atoms with E-state index in [0.717, 1.165) is 6.42 Å². The van der Waals surface area contributed by atoms with Crippen LogP contribution in [0.2, 0.25) is 0 Å². The Morgan fingerprint density at radius 2 is 2.00 bits per heavy atom. The molecule has 0 aliphatic carbocycles. The first kappa shape index (κ1) is 10.7. The lowest BCUT2D eigenvalue weighted by molar-refractivity contribution is -0.00663. The van der Waals surface area contributed by atoms with Gasteiger partial charge in [-0.1, -0.05) is 26.0 Å². The Morgan fingerprint density at radius 3 is 2.36 bits per heavy atom. The molecule has 0 amide bonds. The van der Waals surface area contributed by atoms with E-state index >= 15 is 0 Å². The molecule has 1 atom stereocenters. The summed E-state index contributed by atoms with van der Waals surface area (Å²) in [7, 11) is 1.76. The molecule has 0 bridgehead atoms. The third kappa shape index (κ3) is 3.57. The highest BCUT2D eigenvalue weighted by atomic mass is 16.5. The molecular formula is C10H20O. The second-order valence-corrected chi connectivity index (χ2v) is 3.43. The van der Waals surface area contributed by atoms with E-state index in [4.69, 9.17) is 4.74 Å². The molecule has 0 aromatic heterocycles. The first-order valence-corrected chi connectivity index (χ1v) is 4.26. The van der Waals surface area contributed by atoms with E-state index in [9.17, 15) is 0 Å². The fraction of sp³-hybridized carbons (Fsp3) is 0.800. The summed E-state index contributed by atoms with van der Waals surface area (Å²) in [5, 5.41) is 0. The van der Waals surface area contributed by atoms with Gasteiger partial charge in [0.05, 0.1) is 5.60 Å². The van der Waals surface area contributed by atoms with Gasteiger partial charge in [0.2, 0.25) is 0 Å². The van der Waals surface area contributed by atoms with Gasteiger partial charge >= 0.3 is 0 Å². The lowest BCUT2D eigenvalue weighted by atomic mass is 9.92. The van der Waals surface area contributed by atoms with Crippen molar-refractivity contribution < 1.29 is 4.74 Å². The minimum absolute atomic E-state index is 0.0360. The van der Waals surface area contributed by atoms with E-state index in [1.165, 1.54) is 0 Å². The quantitative estimate of drug-likeness (QED) is 0.568. The number of hydrogen-bond donors (Lipinski definition) is 0. The summed E-state index contributed by atoms with van der Waals surface area (Å²) < 4.78 is 5.35. The molecule has 0 heterocycles. The summed E-state index contributed by atoms with van der Waals surface area (Å²) in [6.45, 7) is 8.54. The molecule has 0 rings (SSSR count). The molecule has 66 valence electrons. The zero-order valence-corrected chi connectivity index (χ0v) is 8.35. The first-order valence-electron chi connectivity index (χ1n) is 4.26. The van der Waals surface area contributed by atoms with E-state index in [0.29, 0.717) is 5.92 Å². The van der Waals surface area contributed by atoms with Gasteiger partial charge in [-0.15, -0.1) is 0 Å². The van der Waals surface area contributed by atoms with Crippen molar-refractivity contribution in [1.29, 1.82) is 0 Å². The Labute approximate surface area is 70.4 Å². The number of allylic oxidation sites excluding steroid dienone is 1. The monoisotopic (exact) mass is 156 g/mol. The van der Waals surface area contributed by atoms with E-state index in [2.05, 4.69) is 39.8 Å². The highest BCUT2D eigenvalue weighted by Crippen LogP contribution is 2.20. The molecule has 0 N–H and O–H groups in total. The highest BCUT2D eigenvalue weighted by molar-refractivity contribution is 4.93. The summed E-state index contributed by atoms with van der Waals surface area (Å²) in [5.41, 5.74) is -0.0360. The maximum Gasteiger partial charge on any atom is 0.0682 e. The van der Waals surface area contributed by atoms with Crippen LogP contribution >= 0.6 is 0 Å². The van der Waals surface area contributed by atoms with Gasteiger partial charge in [-0.3, -0.25) is 0 Å². The molecule has 0 fully saturated rings. The van der Waals surface area contributed by atoms with Crippen LogP contribution in [0.3, 0.4) is 0 Å². The second kappa shape index (κ2) is 4.55. The standard InChI is InChI=1S/C10H20O/c1-6-7-8-9(2)10(3,4)11-5/h7-9H,6H2,1-5H3/b8-7+/t9-/m1/s1. The fourth-order valence-corrected chi connectivity index (χ4v) is 0.758. The van der Waals surface area contributed by atoms with Crippen molar-refractivity contribution in [2.24, 2.45) is 5.92 Å². The topological polar surface area (TPSA) is 9.23 Å². The van der Waals surface area contributed by atoms with Crippen molar-refractivity contribution in [1.82, 2.24) is 0 Å². The molecule has 1 heteroatoms. The van der Waals surface area contributed by atoms with Crippen LogP contribution in [-0.4, -0.2) is 12.7 Å². The Bertz CT molecular complexity index is 125. The van der Waals surface area contributed by atoms with Crippen molar-refractivity contribution in [3.05, 3.63) is 12.2 Å². The van der Waals surface area contributed by atoms with Crippen LogP contribution in [0.1, 0.15) is 34.1 Å². The van der Waals surface area contributed by atoms with Crippen LogP contribution in [0.5, 0.6) is 0 Å². The van der Waals surface area contributed by atoms with Crippen LogP contribution in [0.15, 0.2) is 12.2 Å².